The number of rotatable bonds is 20. The molecule has 0 spiro atoms. The maximum Gasteiger partial charge on any atom is 0.252 e. The van der Waals surface area contributed by atoms with Crippen molar-refractivity contribution in [2.75, 3.05) is 46.3 Å². The van der Waals surface area contributed by atoms with Gasteiger partial charge >= 0.3 is 0 Å². The van der Waals surface area contributed by atoms with Crippen LogP contribution in [0.4, 0.5) is 0 Å². The van der Waals surface area contributed by atoms with E-state index >= 15 is 9.59 Å². The minimum absolute atomic E-state index is 0.114. The van der Waals surface area contributed by atoms with Crippen molar-refractivity contribution < 1.29 is 24.0 Å². The number of nitrogens with one attached hydrogen (secondary N) is 2. The van der Waals surface area contributed by atoms with Crippen molar-refractivity contribution in [1.82, 2.24) is 30.2 Å². The number of likely N-dealkylation sites (tertiary alicyclic amines) is 1. The van der Waals surface area contributed by atoms with Crippen LogP contribution in [0.2, 0.25) is 0 Å². The molecule has 0 aromatic heterocycles. The van der Waals surface area contributed by atoms with Gasteiger partial charge in [0.1, 0.15) is 18.1 Å². The molecular weight excluding hydrogens is 793 g/mol. The standard InChI is InChI=1S/C50H70N8O5/c1-53-43(34-38-19-8-3-9-20-38)46(59)54-42(25-14-15-27-51)48(61)57-28-16-26-44(57)50(63)58(47(60)41(52)33-37-17-6-2-7-18-37)45(35-39-21-10-4-11-22-39)49(62)56-31-29-55(30-32-56)36-40-23-12-5-13-24-40/h3-5,8-13,19-24,37,41-45,53H,2,6-7,14-18,25-36,51-52H2,1H3,(H,54,59)/t41-,42+,43+,44+,45+/m1/s1. The zero-order valence-electron chi connectivity index (χ0n) is 37.3. The van der Waals surface area contributed by atoms with Crippen molar-refractivity contribution >= 4 is 29.5 Å². The number of carbonyl (C=O) groups excluding carboxylic acids is 5. The summed E-state index contributed by atoms with van der Waals surface area (Å²) >= 11 is 0. The van der Waals surface area contributed by atoms with Crippen LogP contribution < -0.4 is 22.1 Å². The van der Waals surface area contributed by atoms with Crippen molar-refractivity contribution in [3.05, 3.63) is 108 Å². The molecule has 5 atom stereocenters. The topological polar surface area (TPSA) is 174 Å². The van der Waals surface area contributed by atoms with Crippen LogP contribution in [0.15, 0.2) is 91.0 Å². The van der Waals surface area contributed by atoms with Crippen LogP contribution >= 0.6 is 0 Å². The first kappa shape index (κ1) is 47.5. The molecule has 6 N–H and O–H groups in total. The lowest BCUT2D eigenvalue weighted by molar-refractivity contribution is -0.160. The average Bonchev–Trinajstić information content (AvgIpc) is 3.82. The van der Waals surface area contributed by atoms with Gasteiger partial charge < -0.3 is 31.9 Å². The number of amides is 5. The molecule has 63 heavy (non-hydrogen) atoms. The zero-order chi connectivity index (χ0) is 44.6. The predicted octanol–water partition coefficient (Wildman–Crippen LogP) is 4.03. The number of benzene rings is 3. The van der Waals surface area contributed by atoms with Crippen LogP contribution in [0.25, 0.3) is 0 Å². The number of likely N-dealkylation sites (N-methyl/N-ethyl adjacent to an activating group) is 1. The van der Waals surface area contributed by atoms with Gasteiger partial charge in [0, 0.05) is 45.7 Å². The number of imide groups is 1. The van der Waals surface area contributed by atoms with E-state index in [1.54, 1.807) is 11.9 Å². The van der Waals surface area contributed by atoms with Crippen LogP contribution in [0.3, 0.4) is 0 Å². The summed E-state index contributed by atoms with van der Waals surface area (Å²) in [7, 11) is 1.72. The Morgan fingerprint density at radius 1 is 0.698 bits per heavy atom. The lowest BCUT2D eigenvalue weighted by Crippen LogP contribution is -2.63. The first-order chi connectivity index (χ1) is 30.7. The van der Waals surface area contributed by atoms with Crippen molar-refractivity contribution in [2.45, 2.75) is 120 Å². The number of unbranched alkanes of at least 4 members (excludes halogenated alkanes) is 1. The molecule has 13 heteroatoms. The molecule has 0 unspecified atom stereocenters. The van der Waals surface area contributed by atoms with E-state index in [4.69, 9.17) is 11.5 Å². The molecule has 3 fully saturated rings. The number of nitrogens with zero attached hydrogens (tertiary/aromatic N) is 4. The van der Waals surface area contributed by atoms with E-state index in [0.717, 1.165) is 54.7 Å². The van der Waals surface area contributed by atoms with Gasteiger partial charge in [0.05, 0.1) is 12.1 Å². The van der Waals surface area contributed by atoms with Gasteiger partial charge in [-0.15, -0.1) is 0 Å². The molecule has 13 nitrogen and oxygen atoms in total. The minimum atomic E-state index is -1.17. The highest BCUT2D eigenvalue weighted by Crippen LogP contribution is 2.29. The number of carbonyl (C=O) groups is 5. The fourth-order valence-electron chi connectivity index (χ4n) is 9.63. The third-order valence-corrected chi connectivity index (χ3v) is 13.2. The molecule has 0 bridgehead atoms. The van der Waals surface area contributed by atoms with E-state index in [9.17, 15) is 14.4 Å². The summed E-state index contributed by atoms with van der Waals surface area (Å²) in [6.45, 7) is 3.64. The normalized spacial score (nSPS) is 19.2. The third kappa shape index (κ3) is 13.3. The first-order valence-corrected chi connectivity index (χ1v) is 23.4. The van der Waals surface area contributed by atoms with Gasteiger partial charge in [0.15, 0.2) is 0 Å². The summed E-state index contributed by atoms with van der Waals surface area (Å²) in [4.78, 5) is 80.8. The van der Waals surface area contributed by atoms with Crippen LogP contribution in [0, 0.1) is 5.92 Å². The first-order valence-electron chi connectivity index (χ1n) is 23.4. The van der Waals surface area contributed by atoms with Gasteiger partial charge in [-0.25, -0.2) is 0 Å². The van der Waals surface area contributed by atoms with Crippen LogP contribution in [-0.2, 0) is 43.4 Å². The van der Waals surface area contributed by atoms with Gasteiger partial charge in [0.2, 0.25) is 23.6 Å². The lowest BCUT2D eigenvalue weighted by Gasteiger charge is -2.40. The number of nitrogens with two attached hydrogens (primary N) is 2. The van der Waals surface area contributed by atoms with Crippen molar-refractivity contribution in [1.29, 1.82) is 0 Å². The van der Waals surface area contributed by atoms with Crippen molar-refractivity contribution in [3.8, 4) is 0 Å². The van der Waals surface area contributed by atoms with E-state index in [-0.39, 0.29) is 36.6 Å². The van der Waals surface area contributed by atoms with Crippen molar-refractivity contribution in [3.63, 3.8) is 0 Å². The summed E-state index contributed by atoms with van der Waals surface area (Å²) in [6, 6.07) is 24.7. The Hall–Kier alpha value is -4.95. The Balaban J connectivity index is 1.28. The third-order valence-electron chi connectivity index (χ3n) is 13.2. The smallest absolute Gasteiger partial charge is 0.252 e. The molecule has 0 radical (unpaired) electrons. The molecule has 5 amide bonds. The Labute approximate surface area is 374 Å². The summed E-state index contributed by atoms with van der Waals surface area (Å²) < 4.78 is 0. The van der Waals surface area contributed by atoms with E-state index < -0.39 is 42.0 Å². The van der Waals surface area contributed by atoms with E-state index in [0.29, 0.717) is 77.7 Å². The molecule has 340 valence electrons. The fraction of sp³-hybridized carbons (Fsp3) is 0.540. The van der Waals surface area contributed by atoms with Crippen molar-refractivity contribution in [2.24, 2.45) is 17.4 Å². The van der Waals surface area contributed by atoms with Gasteiger partial charge in [-0.2, -0.15) is 0 Å². The second-order valence-corrected chi connectivity index (χ2v) is 17.8. The maximum atomic E-state index is 15.4. The van der Waals surface area contributed by atoms with Crippen LogP contribution in [-0.4, -0.2) is 126 Å². The Bertz CT molecular complexity index is 1910. The number of hydrogen-bond acceptors (Lipinski definition) is 9. The van der Waals surface area contributed by atoms with E-state index in [2.05, 4.69) is 27.7 Å². The Morgan fingerprint density at radius 2 is 1.30 bits per heavy atom. The molecular formula is C50H70N8O5. The minimum Gasteiger partial charge on any atom is -0.343 e. The Morgan fingerprint density at radius 3 is 1.90 bits per heavy atom. The summed E-state index contributed by atoms with van der Waals surface area (Å²) in [5.74, 6) is -1.92. The highest BCUT2D eigenvalue weighted by Gasteiger charge is 2.46. The number of hydrogen-bond donors (Lipinski definition) is 4. The summed E-state index contributed by atoms with van der Waals surface area (Å²) in [5.41, 5.74) is 15.7. The lowest BCUT2D eigenvalue weighted by atomic mass is 9.84. The molecule has 3 aromatic rings. The average molecular weight is 863 g/mol. The molecule has 1 aliphatic carbocycles. The Kier molecular flexibility index (Phi) is 18.3. The molecule has 1 saturated carbocycles. The molecule has 2 heterocycles. The summed E-state index contributed by atoms with van der Waals surface area (Å²) in [6.07, 6.45) is 8.62. The van der Waals surface area contributed by atoms with Gasteiger partial charge in [0.25, 0.3) is 5.91 Å². The van der Waals surface area contributed by atoms with E-state index in [1.165, 1.54) is 10.5 Å². The quantitative estimate of drug-likeness (QED) is 0.122. The second-order valence-electron chi connectivity index (χ2n) is 17.8. The highest BCUT2D eigenvalue weighted by atomic mass is 16.2. The summed E-state index contributed by atoms with van der Waals surface area (Å²) in [5, 5.41) is 6.13. The van der Waals surface area contributed by atoms with Gasteiger partial charge in [-0.1, -0.05) is 123 Å². The molecule has 2 saturated heterocycles. The predicted molar refractivity (Wildman–Crippen MR) is 246 cm³/mol. The second kappa shape index (κ2) is 24.2. The molecule has 3 aromatic carbocycles. The number of piperazine rings is 1. The van der Waals surface area contributed by atoms with E-state index in [1.807, 2.05) is 78.9 Å². The molecule has 2 aliphatic heterocycles. The SMILES string of the molecule is CN[C@@H](Cc1ccccc1)C(=O)N[C@@H](CCCCN)C(=O)N1CCC[C@H]1C(=O)N(C(=O)[C@H](N)CC1CCCCC1)[C@@H](Cc1ccccc1)C(=O)N1CCN(Cc2ccccc2)CC1. The van der Waals surface area contributed by atoms with Crippen LogP contribution in [0.1, 0.15) is 87.3 Å². The molecule has 3 aliphatic rings. The highest BCUT2D eigenvalue weighted by molar-refractivity contribution is 6.05. The van der Waals surface area contributed by atoms with Crippen LogP contribution in [0.5, 0.6) is 0 Å². The maximum absolute atomic E-state index is 15.4. The monoisotopic (exact) mass is 863 g/mol. The van der Waals surface area contributed by atoms with Gasteiger partial charge in [-0.05, 0) is 81.1 Å². The fourth-order valence-corrected chi connectivity index (χ4v) is 9.63. The zero-order valence-corrected chi connectivity index (χ0v) is 37.3. The molecule has 6 rings (SSSR count). The largest absolute Gasteiger partial charge is 0.343 e. The van der Waals surface area contributed by atoms with Gasteiger partial charge in [-0.3, -0.25) is 33.8 Å².